The molecule has 0 N–H and O–H groups in total. The highest BCUT2D eigenvalue weighted by molar-refractivity contribution is 5.89. The van der Waals surface area contributed by atoms with E-state index >= 15 is 0 Å². The van der Waals surface area contributed by atoms with E-state index in [1.165, 1.54) is 50.3 Å². The summed E-state index contributed by atoms with van der Waals surface area (Å²) in [5.41, 5.74) is 12.1. The Kier molecular flexibility index (Phi) is 6.00. The molecule has 0 aromatic heterocycles. The van der Waals surface area contributed by atoms with Gasteiger partial charge < -0.3 is 4.90 Å². The molecule has 0 fully saturated rings. The molecule has 1 aliphatic rings. The third-order valence-corrected chi connectivity index (χ3v) is 7.86. The molecule has 38 heavy (non-hydrogen) atoms. The lowest BCUT2D eigenvalue weighted by Gasteiger charge is -2.36. The van der Waals surface area contributed by atoms with E-state index < -0.39 is 5.41 Å². The maximum absolute atomic E-state index is 4.28. The zero-order valence-electron chi connectivity index (χ0n) is 22.4. The maximum Gasteiger partial charge on any atom is 0.0714 e. The van der Waals surface area contributed by atoms with Crippen LogP contribution in [-0.2, 0) is 5.41 Å². The Balaban J connectivity index is 1.68. The van der Waals surface area contributed by atoms with Crippen molar-refractivity contribution < 1.29 is 0 Å². The van der Waals surface area contributed by atoms with Crippen LogP contribution in [-0.4, -0.2) is 6.04 Å². The molecule has 0 saturated heterocycles. The van der Waals surface area contributed by atoms with Crippen molar-refractivity contribution >= 4 is 16.9 Å². The molecule has 0 saturated carbocycles. The molecule has 5 aromatic rings. The summed E-state index contributed by atoms with van der Waals surface area (Å²) in [4.78, 5) is 2.45. The number of benzene rings is 5. The Morgan fingerprint density at radius 2 is 1.18 bits per heavy atom. The fourth-order valence-corrected chi connectivity index (χ4v) is 6.34. The normalized spacial score (nSPS) is 13.2. The van der Waals surface area contributed by atoms with Crippen LogP contribution in [0.4, 0.5) is 11.4 Å². The quantitative estimate of drug-likeness (QED) is 0.224. The van der Waals surface area contributed by atoms with Crippen LogP contribution in [0.25, 0.3) is 16.7 Å². The van der Waals surface area contributed by atoms with Gasteiger partial charge in [-0.15, -0.1) is 0 Å². The van der Waals surface area contributed by atoms with Crippen LogP contribution in [0, 0.1) is 0 Å². The van der Waals surface area contributed by atoms with Crippen molar-refractivity contribution in [2.75, 3.05) is 4.90 Å². The first kappa shape index (κ1) is 24.0. The highest BCUT2D eigenvalue weighted by Crippen LogP contribution is 2.57. The number of fused-ring (bicyclic) bond motifs is 3. The number of hydrogen-bond donors (Lipinski definition) is 0. The molecule has 186 valence electrons. The standard InChI is InChI=1S/C37H33N/c1-26(2)31-19-12-14-22-36(31)38(27(3)4)30-23-24-33-32-20-11-13-21-34(32)37(35(33)25-30,28-15-7-5-8-16-28)29-17-9-6-10-18-29/h5-25,27H,1H2,2-4H3. The minimum absolute atomic E-state index is 0.264. The van der Waals surface area contributed by atoms with Crippen LogP contribution in [0.3, 0.4) is 0 Å². The lowest BCUT2D eigenvalue weighted by atomic mass is 9.67. The number of hydrogen-bond acceptors (Lipinski definition) is 1. The van der Waals surface area contributed by atoms with Gasteiger partial charge in [0.15, 0.2) is 0 Å². The Hall–Kier alpha value is -4.36. The second-order valence-electron chi connectivity index (χ2n) is 10.5. The first-order chi connectivity index (χ1) is 18.5. The van der Waals surface area contributed by atoms with Crippen molar-refractivity contribution in [3.63, 3.8) is 0 Å². The van der Waals surface area contributed by atoms with Crippen molar-refractivity contribution in [1.29, 1.82) is 0 Å². The molecule has 0 heterocycles. The fourth-order valence-electron chi connectivity index (χ4n) is 6.34. The van der Waals surface area contributed by atoms with Crippen LogP contribution < -0.4 is 4.90 Å². The molecule has 1 aliphatic carbocycles. The topological polar surface area (TPSA) is 3.24 Å². The van der Waals surface area contributed by atoms with Gasteiger partial charge in [0.25, 0.3) is 0 Å². The van der Waals surface area contributed by atoms with Gasteiger partial charge in [0.1, 0.15) is 0 Å². The van der Waals surface area contributed by atoms with Crippen LogP contribution >= 0.6 is 0 Å². The van der Waals surface area contributed by atoms with Gasteiger partial charge in [0, 0.05) is 23.0 Å². The molecule has 1 nitrogen and oxygen atoms in total. The second-order valence-corrected chi connectivity index (χ2v) is 10.5. The van der Waals surface area contributed by atoms with E-state index in [9.17, 15) is 0 Å². The molecule has 0 aliphatic heterocycles. The molecule has 0 amide bonds. The third-order valence-electron chi connectivity index (χ3n) is 7.86. The summed E-state index contributed by atoms with van der Waals surface area (Å²) in [5.74, 6) is 0. The van der Waals surface area contributed by atoms with Gasteiger partial charge in [0.2, 0.25) is 0 Å². The summed E-state index contributed by atoms with van der Waals surface area (Å²) in [5, 5.41) is 0. The number of para-hydroxylation sites is 1. The van der Waals surface area contributed by atoms with E-state index in [4.69, 9.17) is 0 Å². The summed E-state index contributed by atoms with van der Waals surface area (Å²) >= 11 is 0. The molecule has 0 bridgehead atoms. The minimum Gasteiger partial charge on any atom is -0.338 e. The number of rotatable bonds is 6. The Morgan fingerprint density at radius 1 is 0.632 bits per heavy atom. The molecular weight excluding hydrogens is 458 g/mol. The summed E-state index contributed by atoms with van der Waals surface area (Å²) in [6.45, 7) is 10.9. The van der Waals surface area contributed by atoms with E-state index in [0.29, 0.717) is 0 Å². The monoisotopic (exact) mass is 491 g/mol. The van der Waals surface area contributed by atoms with E-state index in [1.807, 2.05) is 0 Å². The number of allylic oxidation sites excluding steroid dienone is 1. The van der Waals surface area contributed by atoms with Crippen LogP contribution in [0.1, 0.15) is 48.6 Å². The SMILES string of the molecule is C=C(C)c1ccccc1N(c1ccc2c(c1)C(c1ccccc1)(c1ccccc1)c1ccccc1-2)C(C)C. The van der Waals surface area contributed by atoms with Gasteiger partial charge in [-0.3, -0.25) is 0 Å². The lowest BCUT2D eigenvalue weighted by Crippen LogP contribution is -2.30. The molecule has 1 heteroatoms. The molecule has 0 radical (unpaired) electrons. The van der Waals surface area contributed by atoms with E-state index in [2.05, 4.69) is 160 Å². The summed E-state index contributed by atoms with van der Waals surface area (Å²) in [6.07, 6.45) is 0. The summed E-state index contributed by atoms with van der Waals surface area (Å²) in [6, 6.07) is 46.8. The largest absolute Gasteiger partial charge is 0.338 e. The van der Waals surface area contributed by atoms with Gasteiger partial charge in [0.05, 0.1) is 5.41 Å². The van der Waals surface area contributed by atoms with Crippen LogP contribution in [0.15, 0.2) is 134 Å². The zero-order chi connectivity index (χ0) is 26.3. The predicted molar refractivity (Wildman–Crippen MR) is 162 cm³/mol. The van der Waals surface area contributed by atoms with Crippen LogP contribution in [0.2, 0.25) is 0 Å². The van der Waals surface area contributed by atoms with Gasteiger partial charge >= 0.3 is 0 Å². The molecule has 0 atom stereocenters. The Morgan fingerprint density at radius 3 is 1.82 bits per heavy atom. The highest BCUT2D eigenvalue weighted by atomic mass is 15.2. The van der Waals surface area contributed by atoms with Crippen LogP contribution in [0.5, 0.6) is 0 Å². The van der Waals surface area contributed by atoms with Gasteiger partial charge in [-0.05, 0) is 77.9 Å². The Labute approximate surface area is 226 Å². The van der Waals surface area contributed by atoms with Crippen molar-refractivity contribution in [3.8, 4) is 11.1 Å². The average molecular weight is 492 g/mol. The highest BCUT2D eigenvalue weighted by Gasteiger charge is 2.46. The second kappa shape index (κ2) is 9.50. The van der Waals surface area contributed by atoms with Gasteiger partial charge in [-0.1, -0.05) is 116 Å². The van der Waals surface area contributed by atoms with Crippen molar-refractivity contribution in [2.24, 2.45) is 0 Å². The number of nitrogens with zero attached hydrogens (tertiary/aromatic N) is 1. The first-order valence-corrected chi connectivity index (χ1v) is 13.4. The molecule has 0 spiro atoms. The fraction of sp³-hybridized carbons (Fsp3) is 0.135. The first-order valence-electron chi connectivity index (χ1n) is 13.4. The Bertz CT molecular complexity index is 1570. The third kappa shape index (κ3) is 3.62. The van der Waals surface area contributed by atoms with E-state index in [1.54, 1.807) is 0 Å². The number of anilines is 2. The maximum atomic E-state index is 4.28. The van der Waals surface area contributed by atoms with Gasteiger partial charge in [-0.2, -0.15) is 0 Å². The molecule has 5 aromatic carbocycles. The molecule has 0 unspecified atom stereocenters. The van der Waals surface area contributed by atoms with E-state index in [0.717, 1.165) is 5.57 Å². The predicted octanol–water partition coefficient (Wildman–Crippen LogP) is 9.63. The van der Waals surface area contributed by atoms with Crippen molar-refractivity contribution in [3.05, 3.63) is 162 Å². The zero-order valence-corrected chi connectivity index (χ0v) is 22.4. The summed E-state index contributed by atoms with van der Waals surface area (Å²) in [7, 11) is 0. The van der Waals surface area contributed by atoms with Crippen molar-refractivity contribution in [1.82, 2.24) is 0 Å². The van der Waals surface area contributed by atoms with Crippen molar-refractivity contribution in [2.45, 2.75) is 32.2 Å². The summed E-state index contributed by atoms with van der Waals surface area (Å²) < 4.78 is 0. The molecular formula is C37H33N. The molecule has 6 rings (SSSR count). The average Bonchev–Trinajstić information content (AvgIpc) is 3.25. The smallest absolute Gasteiger partial charge is 0.0714 e. The minimum atomic E-state index is -0.402. The van der Waals surface area contributed by atoms with Gasteiger partial charge in [-0.25, -0.2) is 0 Å². The lowest BCUT2D eigenvalue weighted by molar-refractivity contribution is 0.761. The van der Waals surface area contributed by atoms with E-state index in [-0.39, 0.29) is 6.04 Å².